The van der Waals surface area contributed by atoms with Crippen LogP contribution < -0.4 is 5.32 Å². The van der Waals surface area contributed by atoms with Crippen LogP contribution in [0.15, 0.2) is 0 Å². The van der Waals surface area contributed by atoms with Gasteiger partial charge in [-0.1, -0.05) is 11.3 Å². The van der Waals surface area contributed by atoms with Crippen LogP contribution in [0.4, 0.5) is 0 Å². The van der Waals surface area contributed by atoms with Gasteiger partial charge in [-0.25, -0.2) is 0 Å². The topological polar surface area (TPSA) is 72.0 Å². The molecule has 0 saturated carbocycles. The number of aromatic nitrogens is 2. The molecule has 0 aliphatic carbocycles. The van der Waals surface area contributed by atoms with E-state index in [1.807, 2.05) is 0 Å². The van der Waals surface area contributed by atoms with Gasteiger partial charge in [-0.2, -0.15) is 0 Å². The van der Waals surface area contributed by atoms with Crippen LogP contribution in [-0.4, -0.2) is 38.9 Å². The molecule has 1 N–H and O–H groups in total. The Kier molecular flexibility index (Phi) is 5.13. The van der Waals surface area contributed by atoms with Gasteiger partial charge >= 0.3 is 0 Å². The first kappa shape index (κ1) is 12.5. The summed E-state index contributed by atoms with van der Waals surface area (Å²) in [7, 11) is -0.818. The fourth-order valence-corrected chi connectivity index (χ4v) is 2.15. The van der Waals surface area contributed by atoms with Crippen LogP contribution in [-0.2, 0) is 10.8 Å². The van der Waals surface area contributed by atoms with E-state index in [1.54, 1.807) is 6.26 Å². The Morgan fingerprint density at radius 3 is 2.87 bits per heavy atom. The predicted octanol–water partition coefficient (Wildman–Crippen LogP) is 0.690. The summed E-state index contributed by atoms with van der Waals surface area (Å²) < 4.78 is 11.0. The van der Waals surface area contributed by atoms with Crippen LogP contribution in [0.2, 0.25) is 4.47 Å². The third kappa shape index (κ3) is 4.67. The fraction of sp³-hybridized carbons (Fsp3) is 0.571. The molecule has 0 radical (unpaired) electrons. The highest BCUT2D eigenvalue weighted by Gasteiger charge is 2.10. The number of rotatable bonds is 5. The second-order valence-electron chi connectivity index (χ2n) is 2.75. The lowest BCUT2D eigenvalue weighted by Crippen LogP contribution is -2.25. The number of hydrogen-bond acceptors (Lipinski definition) is 5. The molecule has 1 rings (SSSR count). The lowest BCUT2D eigenvalue weighted by molar-refractivity contribution is 0.0952. The molecule has 1 heterocycles. The molecule has 1 amide bonds. The van der Waals surface area contributed by atoms with Crippen molar-refractivity contribution in [2.24, 2.45) is 0 Å². The molecule has 15 heavy (non-hydrogen) atoms. The SMILES string of the molecule is CS(=O)CCCNC(=O)c1nnc(Cl)s1. The van der Waals surface area contributed by atoms with Crippen molar-refractivity contribution in [1.29, 1.82) is 0 Å². The smallest absolute Gasteiger partial charge is 0.282 e. The molecule has 0 aromatic carbocycles. The maximum Gasteiger partial charge on any atom is 0.282 e. The van der Waals surface area contributed by atoms with Gasteiger partial charge in [0, 0.05) is 29.4 Å². The maximum absolute atomic E-state index is 11.4. The molecule has 0 aliphatic heterocycles. The summed E-state index contributed by atoms with van der Waals surface area (Å²) in [5, 5.41) is 10.0. The van der Waals surface area contributed by atoms with Crippen molar-refractivity contribution >= 4 is 39.6 Å². The summed E-state index contributed by atoms with van der Waals surface area (Å²) >= 11 is 6.56. The van der Waals surface area contributed by atoms with Crippen LogP contribution in [0.5, 0.6) is 0 Å². The molecule has 1 aromatic rings. The number of halogens is 1. The van der Waals surface area contributed by atoms with Gasteiger partial charge in [0.15, 0.2) is 0 Å². The van der Waals surface area contributed by atoms with Crippen molar-refractivity contribution < 1.29 is 9.00 Å². The zero-order valence-corrected chi connectivity index (χ0v) is 10.4. The number of carbonyl (C=O) groups is 1. The molecule has 5 nitrogen and oxygen atoms in total. The minimum Gasteiger partial charge on any atom is -0.350 e. The monoisotopic (exact) mass is 267 g/mol. The number of carbonyl (C=O) groups excluding carboxylic acids is 1. The van der Waals surface area contributed by atoms with Crippen LogP contribution in [0.1, 0.15) is 16.2 Å². The molecule has 0 aliphatic rings. The largest absolute Gasteiger partial charge is 0.350 e. The summed E-state index contributed by atoms with van der Waals surface area (Å²) in [4.78, 5) is 11.4. The Hall–Kier alpha value is -0.530. The van der Waals surface area contributed by atoms with Gasteiger partial charge in [0.2, 0.25) is 9.47 Å². The van der Waals surface area contributed by atoms with Gasteiger partial charge in [0.05, 0.1) is 0 Å². The van der Waals surface area contributed by atoms with Gasteiger partial charge < -0.3 is 5.32 Å². The Labute approximate surface area is 98.7 Å². The molecule has 1 atom stereocenters. The molecule has 0 saturated heterocycles. The second-order valence-corrected chi connectivity index (χ2v) is 5.86. The summed E-state index contributed by atoms with van der Waals surface area (Å²) in [6.07, 6.45) is 2.31. The van der Waals surface area contributed by atoms with E-state index in [0.717, 1.165) is 11.3 Å². The minimum absolute atomic E-state index is 0.245. The second kappa shape index (κ2) is 6.14. The maximum atomic E-state index is 11.4. The molecule has 1 aromatic heterocycles. The van der Waals surface area contributed by atoms with E-state index in [9.17, 15) is 9.00 Å². The quantitative estimate of drug-likeness (QED) is 0.797. The first-order valence-electron chi connectivity index (χ1n) is 4.17. The average Bonchev–Trinajstić information content (AvgIpc) is 2.59. The van der Waals surface area contributed by atoms with Crippen molar-refractivity contribution in [3.63, 3.8) is 0 Å². The highest BCUT2D eigenvalue weighted by Crippen LogP contribution is 2.14. The van der Waals surface area contributed by atoms with E-state index < -0.39 is 10.8 Å². The summed E-state index contributed by atoms with van der Waals surface area (Å²) in [5.41, 5.74) is 0. The highest BCUT2D eigenvalue weighted by atomic mass is 35.5. The normalized spacial score (nSPS) is 12.4. The highest BCUT2D eigenvalue weighted by molar-refractivity contribution is 7.84. The predicted molar refractivity (Wildman–Crippen MR) is 60.8 cm³/mol. The van der Waals surface area contributed by atoms with Crippen molar-refractivity contribution in [2.45, 2.75) is 6.42 Å². The van der Waals surface area contributed by atoms with E-state index >= 15 is 0 Å². The molecule has 8 heteroatoms. The van der Waals surface area contributed by atoms with Crippen molar-refractivity contribution in [1.82, 2.24) is 15.5 Å². The number of nitrogens with one attached hydrogen (secondary N) is 1. The number of nitrogens with zero attached hydrogens (tertiary/aromatic N) is 2. The van der Waals surface area contributed by atoms with E-state index in [1.165, 1.54) is 0 Å². The summed E-state index contributed by atoms with van der Waals surface area (Å²) in [6, 6.07) is 0. The van der Waals surface area contributed by atoms with E-state index in [4.69, 9.17) is 11.6 Å². The summed E-state index contributed by atoms with van der Waals surface area (Å²) in [6.45, 7) is 0.482. The molecular formula is C7H10ClN3O2S2. The first-order valence-corrected chi connectivity index (χ1v) is 7.09. The fourth-order valence-electron chi connectivity index (χ4n) is 0.850. The number of hydrogen-bond donors (Lipinski definition) is 1. The zero-order chi connectivity index (χ0) is 11.3. The molecular weight excluding hydrogens is 258 g/mol. The Bertz CT molecular complexity index is 369. The van der Waals surface area contributed by atoms with Crippen LogP contribution in [0, 0.1) is 0 Å². The van der Waals surface area contributed by atoms with E-state index in [-0.39, 0.29) is 15.4 Å². The Balaban J connectivity index is 2.28. The third-order valence-corrected chi connectivity index (χ3v) is 3.37. The lowest BCUT2D eigenvalue weighted by Gasteiger charge is -2.00. The zero-order valence-electron chi connectivity index (χ0n) is 8.03. The Morgan fingerprint density at radius 2 is 2.33 bits per heavy atom. The first-order chi connectivity index (χ1) is 7.09. The van der Waals surface area contributed by atoms with Gasteiger partial charge in [-0.05, 0) is 18.0 Å². The van der Waals surface area contributed by atoms with Crippen molar-refractivity contribution in [2.75, 3.05) is 18.6 Å². The van der Waals surface area contributed by atoms with Gasteiger partial charge in [0.1, 0.15) is 0 Å². The number of amides is 1. The van der Waals surface area contributed by atoms with Crippen molar-refractivity contribution in [3.05, 3.63) is 9.47 Å². The van der Waals surface area contributed by atoms with Crippen LogP contribution in [0.25, 0.3) is 0 Å². The average molecular weight is 268 g/mol. The standard InChI is InChI=1S/C7H10ClN3O2S2/c1-15(13)4-2-3-9-5(12)6-10-11-7(8)14-6/h2-4H2,1H3,(H,9,12). The van der Waals surface area contributed by atoms with E-state index in [0.29, 0.717) is 18.7 Å². The van der Waals surface area contributed by atoms with Gasteiger partial charge in [-0.15, -0.1) is 10.2 Å². The third-order valence-electron chi connectivity index (χ3n) is 1.49. The molecule has 84 valence electrons. The molecule has 0 spiro atoms. The Morgan fingerprint density at radius 1 is 1.60 bits per heavy atom. The van der Waals surface area contributed by atoms with Crippen molar-refractivity contribution in [3.8, 4) is 0 Å². The molecule has 1 unspecified atom stereocenters. The summed E-state index contributed by atoms with van der Waals surface area (Å²) in [5.74, 6) is 0.290. The lowest BCUT2D eigenvalue weighted by atomic mass is 10.4. The minimum atomic E-state index is -0.818. The van der Waals surface area contributed by atoms with Crippen LogP contribution in [0.3, 0.4) is 0 Å². The van der Waals surface area contributed by atoms with Crippen LogP contribution >= 0.6 is 22.9 Å². The molecule has 0 bridgehead atoms. The van der Waals surface area contributed by atoms with Gasteiger partial charge in [-0.3, -0.25) is 9.00 Å². The molecule has 0 fully saturated rings. The van der Waals surface area contributed by atoms with E-state index in [2.05, 4.69) is 15.5 Å². The van der Waals surface area contributed by atoms with Gasteiger partial charge in [0.25, 0.3) is 5.91 Å².